The number of carbonyl (C=O) groups is 2. The normalized spacial score (nSPS) is 17.0. The van der Waals surface area contributed by atoms with Crippen molar-refractivity contribution in [2.45, 2.75) is 45.6 Å². The van der Waals surface area contributed by atoms with Gasteiger partial charge in [-0.2, -0.15) is 0 Å². The van der Waals surface area contributed by atoms with E-state index in [1.807, 2.05) is 24.3 Å². The average molecular weight is 382 g/mol. The third kappa shape index (κ3) is 2.68. The molecule has 2 aliphatic heterocycles. The lowest BCUT2D eigenvalue weighted by atomic mass is 9.75. The summed E-state index contributed by atoms with van der Waals surface area (Å²) in [5.74, 6) is 0.831. The minimum Gasteiger partial charge on any atom is -0.450 e. The molecule has 0 unspecified atom stereocenters. The van der Waals surface area contributed by atoms with Crippen LogP contribution in [0.15, 0.2) is 24.3 Å². The van der Waals surface area contributed by atoms with E-state index in [-0.39, 0.29) is 12.0 Å². The number of para-hydroxylation sites is 1. The van der Waals surface area contributed by atoms with Crippen LogP contribution in [0.1, 0.15) is 43.5 Å². The molecular formula is C21H26N4O3. The highest BCUT2D eigenvalue weighted by Crippen LogP contribution is 2.47. The van der Waals surface area contributed by atoms with Gasteiger partial charge in [-0.25, -0.2) is 9.78 Å². The van der Waals surface area contributed by atoms with Crippen molar-refractivity contribution in [1.82, 2.24) is 14.9 Å². The van der Waals surface area contributed by atoms with Crippen molar-refractivity contribution in [1.29, 1.82) is 0 Å². The van der Waals surface area contributed by atoms with Gasteiger partial charge in [0.1, 0.15) is 11.2 Å². The molecule has 0 bridgehead atoms. The van der Waals surface area contributed by atoms with Gasteiger partial charge in [0.15, 0.2) is 0 Å². The van der Waals surface area contributed by atoms with Crippen molar-refractivity contribution in [2.75, 3.05) is 24.6 Å². The topological polar surface area (TPSA) is 78.5 Å². The van der Waals surface area contributed by atoms with Gasteiger partial charge in [-0.1, -0.05) is 32.0 Å². The summed E-state index contributed by atoms with van der Waals surface area (Å²) in [6.45, 7) is 7.42. The van der Waals surface area contributed by atoms with Gasteiger partial charge in [0.05, 0.1) is 18.8 Å². The molecule has 1 spiro atoms. The molecule has 2 aromatic rings. The van der Waals surface area contributed by atoms with Gasteiger partial charge in [-0.3, -0.25) is 4.79 Å². The molecule has 7 nitrogen and oxygen atoms in total. The fourth-order valence-corrected chi connectivity index (χ4v) is 4.32. The Hall–Kier alpha value is -2.83. The van der Waals surface area contributed by atoms with Gasteiger partial charge in [0.25, 0.3) is 0 Å². The number of nitrogens with zero attached hydrogens (tertiary/aromatic N) is 3. The molecule has 0 atom stereocenters. The van der Waals surface area contributed by atoms with E-state index in [0.29, 0.717) is 26.2 Å². The monoisotopic (exact) mass is 382 g/mol. The predicted octanol–water partition coefficient (Wildman–Crippen LogP) is 2.79. The molecule has 1 saturated heterocycles. The minimum atomic E-state index is -0.670. The molecule has 2 aliphatic rings. The lowest BCUT2D eigenvalue weighted by molar-refractivity contribution is -0.128. The molecule has 1 aromatic heterocycles. The molecule has 1 aromatic carbocycles. The number of anilines is 1. The van der Waals surface area contributed by atoms with Crippen molar-refractivity contribution in [2.24, 2.45) is 0 Å². The lowest BCUT2D eigenvalue weighted by Gasteiger charge is -2.45. The Morgan fingerprint density at radius 3 is 2.61 bits per heavy atom. The number of fused-ring (bicyclic) bond motifs is 2. The van der Waals surface area contributed by atoms with Crippen LogP contribution < -0.4 is 4.90 Å². The van der Waals surface area contributed by atoms with Crippen LogP contribution in [-0.4, -0.2) is 46.6 Å². The van der Waals surface area contributed by atoms with Gasteiger partial charge in [-0.05, 0) is 31.4 Å². The largest absolute Gasteiger partial charge is 0.450 e. The van der Waals surface area contributed by atoms with Gasteiger partial charge in [-0.15, -0.1) is 0 Å². The van der Waals surface area contributed by atoms with Gasteiger partial charge in [0, 0.05) is 24.5 Å². The van der Waals surface area contributed by atoms with Crippen LogP contribution in [0.5, 0.6) is 0 Å². The first kappa shape index (κ1) is 18.5. The van der Waals surface area contributed by atoms with Crippen LogP contribution in [-0.2, 0) is 34.3 Å². The number of rotatable bonds is 5. The van der Waals surface area contributed by atoms with E-state index >= 15 is 0 Å². The Morgan fingerprint density at radius 2 is 1.96 bits per heavy atom. The highest BCUT2D eigenvalue weighted by atomic mass is 16.6. The zero-order chi connectivity index (χ0) is 19.9. The smallest absolute Gasteiger partial charge is 0.409 e. The molecule has 0 radical (unpaired) electrons. The Bertz CT molecular complexity index is 893. The van der Waals surface area contributed by atoms with Crippen LogP contribution in [0.25, 0.3) is 0 Å². The number of aromatic amines is 1. The van der Waals surface area contributed by atoms with E-state index in [2.05, 4.69) is 18.8 Å². The maximum atomic E-state index is 13.4. The molecule has 0 aliphatic carbocycles. The molecule has 7 heteroatoms. The summed E-state index contributed by atoms with van der Waals surface area (Å²) in [6.07, 6.45) is 1.39. The number of H-pyrrole nitrogens is 1. The second kappa shape index (κ2) is 6.96. The lowest BCUT2D eigenvalue weighted by Crippen LogP contribution is -2.65. The van der Waals surface area contributed by atoms with Crippen molar-refractivity contribution in [3.05, 3.63) is 47.0 Å². The molecule has 1 N–H and O–H groups in total. The molecule has 2 amide bonds. The Balaban J connectivity index is 1.61. The van der Waals surface area contributed by atoms with Crippen molar-refractivity contribution in [3.63, 3.8) is 0 Å². The number of nitrogens with one attached hydrogen (secondary N) is 1. The number of ether oxygens (including phenoxy) is 1. The van der Waals surface area contributed by atoms with Crippen molar-refractivity contribution < 1.29 is 14.3 Å². The summed E-state index contributed by atoms with van der Waals surface area (Å²) >= 11 is 0. The Morgan fingerprint density at radius 1 is 1.21 bits per heavy atom. The molecule has 4 rings (SSSR count). The molecule has 3 heterocycles. The van der Waals surface area contributed by atoms with Gasteiger partial charge < -0.3 is 19.5 Å². The summed E-state index contributed by atoms with van der Waals surface area (Å²) < 4.78 is 5.08. The van der Waals surface area contributed by atoms with Crippen LogP contribution in [0.2, 0.25) is 0 Å². The van der Waals surface area contributed by atoms with Crippen LogP contribution in [0.3, 0.4) is 0 Å². The van der Waals surface area contributed by atoms with E-state index < -0.39 is 5.41 Å². The maximum absolute atomic E-state index is 13.4. The number of aryl methyl sites for hydroxylation is 2. The van der Waals surface area contributed by atoms with E-state index in [0.717, 1.165) is 41.3 Å². The standard InChI is InChI=1S/C21H26N4O3/c1-4-15-16(5-2)23-18(22-15)11-25-17-10-8-7-9-14(17)21(19(25)26)12-24(13-21)20(27)28-6-3/h7-10H,4-6,11-13H2,1-3H3,(H,22,23). The van der Waals surface area contributed by atoms with E-state index in [9.17, 15) is 9.59 Å². The maximum Gasteiger partial charge on any atom is 0.409 e. The third-order valence-electron chi connectivity index (χ3n) is 5.72. The van der Waals surface area contributed by atoms with Crippen LogP contribution in [0, 0.1) is 0 Å². The number of imidazole rings is 1. The average Bonchev–Trinajstić information content (AvgIpc) is 3.18. The third-order valence-corrected chi connectivity index (χ3v) is 5.72. The van der Waals surface area contributed by atoms with Crippen LogP contribution in [0.4, 0.5) is 10.5 Å². The second-order valence-electron chi connectivity index (χ2n) is 7.36. The fraction of sp³-hybridized carbons (Fsp3) is 0.476. The number of hydrogen-bond donors (Lipinski definition) is 1. The molecule has 28 heavy (non-hydrogen) atoms. The van der Waals surface area contributed by atoms with Crippen molar-refractivity contribution >= 4 is 17.7 Å². The first-order valence-corrected chi connectivity index (χ1v) is 9.93. The Labute approximate surface area is 164 Å². The summed E-state index contributed by atoms with van der Waals surface area (Å²) in [5.41, 5.74) is 3.41. The van der Waals surface area contributed by atoms with E-state index in [4.69, 9.17) is 9.72 Å². The molecule has 148 valence electrons. The number of amides is 2. The van der Waals surface area contributed by atoms with Crippen molar-refractivity contribution in [3.8, 4) is 0 Å². The number of hydrogen-bond acceptors (Lipinski definition) is 4. The highest BCUT2D eigenvalue weighted by Gasteiger charge is 2.59. The summed E-state index contributed by atoms with van der Waals surface area (Å²) in [4.78, 5) is 36.9. The van der Waals surface area contributed by atoms with Crippen LogP contribution >= 0.6 is 0 Å². The second-order valence-corrected chi connectivity index (χ2v) is 7.36. The fourth-order valence-electron chi connectivity index (χ4n) is 4.32. The zero-order valence-corrected chi connectivity index (χ0v) is 16.6. The van der Waals surface area contributed by atoms with E-state index in [1.54, 1.807) is 16.7 Å². The van der Waals surface area contributed by atoms with Gasteiger partial charge in [0.2, 0.25) is 5.91 Å². The first-order valence-electron chi connectivity index (χ1n) is 9.93. The number of likely N-dealkylation sites (tertiary alicyclic amines) is 1. The number of carbonyl (C=O) groups excluding carboxylic acids is 2. The molecule has 0 saturated carbocycles. The predicted molar refractivity (Wildman–Crippen MR) is 105 cm³/mol. The zero-order valence-electron chi connectivity index (χ0n) is 16.6. The quantitative estimate of drug-likeness (QED) is 0.862. The molecule has 1 fully saturated rings. The number of aromatic nitrogens is 2. The van der Waals surface area contributed by atoms with E-state index in [1.165, 1.54) is 0 Å². The first-order chi connectivity index (χ1) is 13.5. The Kier molecular flexibility index (Phi) is 4.61. The SMILES string of the molecule is CCOC(=O)N1CC2(C1)C(=O)N(Cc1nc(CC)c(CC)[nH]1)c1ccccc12. The summed E-state index contributed by atoms with van der Waals surface area (Å²) in [5, 5.41) is 0. The van der Waals surface area contributed by atoms with Gasteiger partial charge >= 0.3 is 6.09 Å². The molecular weight excluding hydrogens is 356 g/mol. The highest BCUT2D eigenvalue weighted by molar-refractivity contribution is 6.09. The number of benzene rings is 1. The minimum absolute atomic E-state index is 0.0294. The summed E-state index contributed by atoms with van der Waals surface area (Å²) in [7, 11) is 0. The summed E-state index contributed by atoms with van der Waals surface area (Å²) in [6, 6.07) is 7.85.